The molecular weight excluding hydrogens is 351 g/mol. The zero-order chi connectivity index (χ0) is 19.3. The standard InChI is InChI=1S/C16H25O8P/c1-11(2)14(17)20-23-25(19,24-21-15(18)12(3)4)22-16(6)9-7-13(5)8-10-16/h13H,1,3,7-10H2,2,4-6H3. The van der Waals surface area contributed by atoms with Crippen molar-refractivity contribution >= 4 is 19.8 Å². The molecule has 0 radical (unpaired) electrons. The Morgan fingerprint density at radius 2 is 1.40 bits per heavy atom. The molecule has 0 aromatic heterocycles. The highest BCUT2D eigenvalue weighted by Crippen LogP contribution is 2.56. The van der Waals surface area contributed by atoms with E-state index >= 15 is 0 Å². The van der Waals surface area contributed by atoms with E-state index in [0.717, 1.165) is 12.8 Å². The van der Waals surface area contributed by atoms with Gasteiger partial charge in [-0.25, -0.2) is 14.2 Å². The molecule has 1 aliphatic carbocycles. The third-order valence-corrected chi connectivity index (χ3v) is 4.95. The van der Waals surface area contributed by atoms with E-state index in [4.69, 9.17) is 4.52 Å². The van der Waals surface area contributed by atoms with E-state index in [0.29, 0.717) is 18.8 Å². The molecule has 0 bridgehead atoms. The molecular formula is C16H25O8P. The van der Waals surface area contributed by atoms with Crippen molar-refractivity contribution < 1.29 is 37.8 Å². The van der Waals surface area contributed by atoms with E-state index in [2.05, 4.69) is 39.2 Å². The predicted octanol–water partition coefficient (Wildman–Crippen LogP) is 4.18. The molecule has 0 amide bonds. The van der Waals surface area contributed by atoms with Crippen LogP contribution in [0.15, 0.2) is 24.3 Å². The van der Waals surface area contributed by atoms with Crippen molar-refractivity contribution in [3.05, 3.63) is 24.3 Å². The minimum atomic E-state index is -4.53. The number of carbonyl (C=O) groups excluding carboxylic acids is 2. The first-order chi connectivity index (χ1) is 11.5. The Morgan fingerprint density at radius 3 is 1.76 bits per heavy atom. The van der Waals surface area contributed by atoms with Crippen molar-refractivity contribution in [1.29, 1.82) is 0 Å². The summed E-state index contributed by atoms with van der Waals surface area (Å²) in [4.78, 5) is 31.7. The molecule has 1 aliphatic rings. The van der Waals surface area contributed by atoms with Crippen molar-refractivity contribution in [3.63, 3.8) is 0 Å². The molecule has 0 N–H and O–H groups in total. The van der Waals surface area contributed by atoms with E-state index < -0.39 is 25.4 Å². The number of hydrogen-bond donors (Lipinski definition) is 0. The van der Waals surface area contributed by atoms with Gasteiger partial charge in [-0.15, -0.1) is 0 Å². The van der Waals surface area contributed by atoms with Gasteiger partial charge in [0.1, 0.15) is 0 Å². The van der Waals surface area contributed by atoms with Gasteiger partial charge in [-0.1, -0.05) is 29.4 Å². The van der Waals surface area contributed by atoms with Crippen LogP contribution in [0, 0.1) is 5.92 Å². The predicted molar refractivity (Wildman–Crippen MR) is 88.7 cm³/mol. The SMILES string of the molecule is C=C(C)C(=O)OOP(=O)(OOC(=O)C(=C)C)OC1(C)CCC(C)CC1. The smallest absolute Gasteiger partial charge is 0.283 e. The van der Waals surface area contributed by atoms with Crippen molar-refractivity contribution in [2.45, 2.75) is 59.0 Å². The first-order valence-corrected chi connectivity index (χ1v) is 9.35. The Morgan fingerprint density at radius 1 is 1.00 bits per heavy atom. The molecule has 0 spiro atoms. The van der Waals surface area contributed by atoms with Gasteiger partial charge in [0.2, 0.25) is 0 Å². The summed E-state index contributed by atoms with van der Waals surface area (Å²) < 4.78 is 27.4. The van der Waals surface area contributed by atoms with Crippen molar-refractivity contribution in [1.82, 2.24) is 0 Å². The van der Waals surface area contributed by atoms with Gasteiger partial charge < -0.3 is 0 Å². The summed E-state index contributed by atoms with van der Waals surface area (Å²) in [6, 6.07) is 0. The molecule has 1 rings (SSSR count). The minimum absolute atomic E-state index is 0.0168. The maximum atomic E-state index is 12.7. The van der Waals surface area contributed by atoms with Crippen molar-refractivity contribution in [2.24, 2.45) is 5.92 Å². The number of carbonyl (C=O) groups is 2. The minimum Gasteiger partial charge on any atom is -0.283 e. The highest BCUT2D eigenvalue weighted by molar-refractivity contribution is 7.48. The number of hydrogen-bond acceptors (Lipinski definition) is 8. The number of rotatable bonds is 8. The molecule has 1 saturated carbocycles. The number of phosphoric acid groups is 1. The Hall–Kier alpha value is -1.47. The molecule has 0 aliphatic heterocycles. The monoisotopic (exact) mass is 376 g/mol. The second-order valence-electron chi connectivity index (χ2n) is 6.62. The first kappa shape index (κ1) is 21.6. The summed E-state index contributed by atoms with van der Waals surface area (Å²) >= 11 is 0. The van der Waals surface area contributed by atoms with E-state index in [1.165, 1.54) is 13.8 Å². The zero-order valence-corrected chi connectivity index (χ0v) is 15.9. The molecule has 1 fully saturated rings. The lowest BCUT2D eigenvalue weighted by atomic mass is 9.81. The van der Waals surface area contributed by atoms with Gasteiger partial charge in [0.15, 0.2) is 0 Å². The van der Waals surface area contributed by atoms with Crippen LogP contribution in [-0.4, -0.2) is 17.5 Å². The summed E-state index contributed by atoms with van der Waals surface area (Å²) in [6.07, 6.45) is 2.89. The molecule has 25 heavy (non-hydrogen) atoms. The second-order valence-corrected chi connectivity index (χ2v) is 8.00. The molecule has 0 aromatic carbocycles. The quantitative estimate of drug-likeness (QED) is 0.269. The topological polar surface area (TPSA) is 97.4 Å². The van der Waals surface area contributed by atoms with Gasteiger partial charge in [0.25, 0.3) is 0 Å². The van der Waals surface area contributed by atoms with E-state index in [1.54, 1.807) is 6.92 Å². The molecule has 142 valence electrons. The fourth-order valence-electron chi connectivity index (χ4n) is 2.08. The average Bonchev–Trinajstić information content (AvgIpc) is 2.53. The lowest BCUT2D eigenvalue weighted by Crippen LogP contribution is -2.33. The van der Waals surface area contributed by atoms with Crippen LogP contribution in [0.1, 0.15) is 53.4 Å². The molecule has 0 saturated heterocycles. The van der Waals surface area contributed by atoms with Crippen LogP contribution in [0.2, 0.25) is 0 Å². The Bertz CT molecular complexity index is 555. The average molecular weight is 376 g/mol. The molecule has 0 unspecified atom stereocenters. The Balaban J connectivity index is 2.83. The van der Waals surface area contributed by atoms with Crippen LogP contribution in [0.4, 0.5) is 0 Å². The third kappa shape index (κ3) is 7.12. The van der Waals surface area contributed by atoms with Gasteiger partial charge in [-0.3, -0.25) is 14.3 Å². The molecule has 0 aromatic rings. The second kappa shape index (κ2) is 8.76. The largest absolute Gasteiger partial charge is 0.547 e. The zero-order valence-electron chi connectivity index (χ0n) is 15.0. The summed E-state index contributed by atoms with van der Waals surface area (Å²) in [5, 5.41) is 0. The van der Waals surface area contributed by atoms with E-state index in [-0.39, 0.29) is 11.1 Å². The van der Waals surface area contributed by atoms with Gasteiger partial charge in [0, 0.05) is 11.1 Å². The molecule has 0 heterocycles. The van der Waals surface area contributed by atoms with Crippen LogP contribution >= 0.6 is 7.82 Å². The normalized spacial score (nSPS) is 23.6. The van der Waals surface area contributed by atoms with Crippen molar-refractivity contribution in [2.75, 3.05) is 0 Å². The first-order valence-electron chi connectivity index (χ1n) is 7.89. The van der Waals surface area contributed by atoms with Gasteiger partial charge >= 0.3 is 19.8 Å². The van der Waals surface area contributed by atoms with Gasteiger partial charge in [-0.05, 0) is 52.4 Å². The highest BCUT2D eigenvalue weighted by atomic mass is 31.2. The van der Waals surface area contributed by atoms with Crippen molar-refractivity contribution in [3.8, 4) is 0 Å². The van der Waals surface area contributed by atoms with Gasteiger partial charge in [0.05, 0.1) is 5.60 Å². The fraction of sp³-hybridized carbons (Fsp3) is 0.625. The van der Waals surface area contributed by atoms with Crippen LogP contribution in [-0.2, 0) is 37.8 Å². The molecule has 8 nitrogen and oxygen atoms in total. The van der Waals surface area contributed by atoms with Crippen LogP contribution in [0.25, 0.3) is 0 Å². The van der Waals surface area contributed by atoms with Crippen LogP contribution < -0.4 is 0 Å². The van der Waals surface area contributed by atoms with Gasteiger partial charge in [-0.2, -0.15) is 0 Å². The van der Waals surface area contributed by atoms with E-state index in [1.807, 2.05) is 0 Å². The molecule has 9 heteroatoms. The summed E-state index contributed by atoms with van der Waals surface area (Å²) in [5.74, 6) is -1.40. The summed E-state index contributed by atoms with van der Waals surface area (Å²) in [6.45, 7) is 13.3. The highest BCUT2D eigenvalue weighted by Gasteiger charge is 2.44. The molecule has 0 atom stereocenters. The maximum Gasteiger partial charge on any atom is 0.547 e. The lowest BCUT2D eigenvalue weighted by molar-refractivity contribution is -0.264. The van der Waals surface area contributed by atoms with Crippen LogP contribution in [0.3, 0.4) is 0 Å². The lowest BCUT2D eigenvalue weighted by Gasteiger charge is -2.36. The summed E-state index contributed by atoms with van der Waals surface area (Å²) in [5.41, 5.74) is -0.806. The third-order valence-electron chi connectivity index (χ3n) is 3.77. The fourth-order valence-corrected chi connectivity index (χ4v) is 3.20. The summed E-state index contributed by atoms with van der Waals surface area (Å²) in [7, 11) is -4.53. The Labute approximate surface area is 147 Å². The van der Waals surface area contributed by atoms with E-state index in [9.17, 15) is 14.2 Å². The van der Waals surface area contributed by atoms with Crippen LogP contribution in [0.5, 0.6) is 0 Å². The Kier molecular flexibility index (Phi) is 7.56. The maximum absolute atomic E-state index is 12.7.